The van der Waals surface area contributed by atoms with Gasteiger partial charge < -0.3 is 14.7 Å². The van der Waals surface area contributed by atoms with E-state index in [-0.39, 0.29) is 23.8 Å². The second kappa shape index (κ2) is 7.32. The number of anilines is 1. The summed E-state index contributed by atoms with van der Waals surface area (Å²) in [5.74, 6) is 0.316. The van der Waals surface area contributed by atoms with Crippen molar-refractivity contribution in [3.8, 4) is 0 Å². The Kier molecular flexibility index (Phi) is 5.11. The van der Waals surface area contributed by atoms with E-state index in [9.17, 15) is 14.4 Å². The molecule has 2 aliphatic rings. The molecule has 2 aliphatic heterocycles. The number of nitrogens with zero attached hydrogens (tertiary/aromatic N) is 3. The second-order valence-corrected chi connectivity index (χ2v) is 7.02. The quantitative estimate of drug-likeness (QED) is 0.778. The van der Waals surface area contributed by atoms with Crippen molar-refractivity contribution >= 4 is 23.4 Å². The van der Waals surface area contributed by atoms with Crippen LogP contribution < -0.4 is 4.90 Å². The van der Waals surface area contributed by atoms with Crippen molar-refractivity contribution in [1.29, 1.82) is 0 Å². The third kappa shape index (κ3) is 3.36. The largest absolute Gasteiger partial charge is 0.343 e. The highest BCUT2D eigenvalue weighted by molar-refractivity contribution is 6.01. The first-order chi connectivity index (χ1) is 12.4. The van der Waals surface area contributed by atoms with Crippen LogP contribution in [0.25, 0.3) is 0 Å². The molecule has 0 spiro atoms. The highest BCUT2D eigenvalue weighted by Crippen LogP contribution is 2.32. The Balaban J connectivity index is 1.69. The molecule has 0 N–H and O–H groups in total. The van der Waals surface area contributed by atoms with E-state index in [2.05, 4.69) is 6.58 Å². The summed E-state index contributed by atoms with van der Waals surface area (Å²) < 4.78 is 0. The van der Waals surface area contributed by atoms with Crippen molar-refractivity contribution in [3.63, 3.8) is 0 Å². The minimum absolute atomic E-state index is 0.0259. The predicted octanol–water partition coefficient (Wildman–Crippen LogP) is 1.92. The molecular formula is C20H25N3O3. The number of amides is 3. The highest BCUT2D eigenvalue weighted by atomic mass is 16.2. The van der Waals surface area contributed by atoms with E-state index >= 15 is 0 Å². The molecule has 0 aliphatic carbocycles. The molecule has 3 amide bonds. The number of carbonyl (C=O) groups excluding carboxylic acids is 3. The Morgan fingerprint density at radius 3 is 2.46 bits per heavy atom. The zero-order chi connectivity index (χ0) is 18.8. The third-order valence-corrected chi connectivity index (χ3v) is 5.55. The Bertz CT molecular complexity index is 728. The fourth-order valence-corrected chi connectivity index (χ4v) is 3.98. The van der Waals surface area contributed by atoms with Gasteiger partial charge in [-0.1, -0.05) is 6.58 Å². The summed E-state index contributed by atoms with van der Waals surface area (Å²) in [6.45, 7) is 7.28. The van der Waals surface area contributed by atoms with Gasteiger partial charge in [-0.05, 0) is 49.1 Å². The SMILES string of the molecule is C=CC(=O)N(C)c1ccc(C(=O)N2CC[C@@H]3CN(C(C)=O)CC[C@@H]32)cc1. The zero-order valence-electron chi connectivity index (χ0n) is 15.4. The summed E-state index contributed by atoms with van der Waals surface area (Å²) in [6.07, 6.45) is 3.04. The number of likely N-dealkylation sites (tertiary alicyclic amines) is 2. The Morgan fingerprint density at radius 2 is 1.85 bits per heavy atom. The molecular weight excluding hydrogens is 330 g/mol. The van der Waals surface area contributed by atoms with Crippen LogP contribution in [0.3, 0.4) is 0 Å². The molecule has 0 radical (unpaired) electrons. The van der Waals surface area contributed by atoms with E-state index in [1.807, 2.05) is 9.80 Å². The molecule has 0 bridgehead atoms. The second-order valence-electron chi connectivity index (χ2n) is 7.02. The fourth-order valence-electron chi connectivity index (χ4n) is 3.98. The summed E-state index contributed by atoms with van der Waals surface area (Å²) >= 11 is 0. The van der Waals surface area contributed by atoms with Crippen LogP contribution >= 0.6 is 0 Å². The lowest BCUT2D eigenvalue weighted by Crippen LogP contribution is -2.48. The van der Waals surface area contributed by atoms with Crippen molar-refractivity contribution in [3.05, 3.63) is 42.5 Å². The average Bonchev–Trinajstić information content (AvgIpc) is 3.09. The summed E-state index contributed by atoms with van der Waals surface area (Å²) in [7, 11) is 1.68. The van der Waals surface area contributed by atoms with E-state index in [1.54, 1.807) is 38.2 Å². The zero-order valence-corrected chi connectivity index (χ0v) is 15.4. The molecule has 2 heterocycles. The van der Waals surface area contributed by atoms with E-state index in [4.69, 9.17) is 0 Å². The number of likely N-dealkylation sites (N-methyl/N-ethyl adjacent to an activating group) is 1. The molecule has 6 nitrogen and oxygen atoms in total. The van der Waals surface area contributed by atoms with Crippen LogP contribution in [0.4, 0.5) is 5.69 Å². The van der Waals surface area contributed by atoms with E-state index in [1.165, 1.54) is 11.0 Å². The van der Waals surface area contributed by atoms with Gasteiger partial charge in [0.2, 0.25) is 11.8 Å². The lowest BCUT2D eigenvalue weighted by Gasteiger charge is -2.37. The fraction of sp³-hybridized carbons (Fsp3) is 0.450. The lowest BCUT2D eigenvalue weighted by atomic mass is 9.92. The van der Waals surface area contributed by atoms with Crippen LogP contribution in [0.2, 0.25) is 0 Å². The van der Waals surface area contributed by atoms with Crippen LogP contribution in [-0.2, 0) is 9.59 Å². The molecule has 6 heteroatoms. The average molecular weight is 355 g/mol. The van der Waals surface area contributed by atoms with Crippen molar-refractivity contribution in [2.75, 3.05) is 31.6 Å². The van der Waals surface area contributed by atoms with Crippen molar-refractivity contribution in [2.24, 2.45) is 5.92 Å². The first-order valence-corrected chi connectivity index (χ1v) is 8.99. The number of fused-ring (bicyclic) bond motifs is 1. The number of carbonyl (C=O) groups is 3. The minimum Gasteiger partial charge on any atom is -0.343 e. The summed E-state index contributed by atoms with van der Waals surface area (Å²) in [4.78, 5) is 41.5. The van der Waals surface area contributed by atoms with Gasteiger partial charge in [-0.3, -0.25) is 14.4 Å². The standard InChI is InChI=1S/C20H25N3O3/c1-4-19(25)21(3)17-7-5-15(6-8-17)20(26)23-12-9-16-13-22(14(2)24)11-10-18(16)23/h4-8,16,18H,1,9-13H2,2-3H3/t16-,18+/m1/s1. The molecule has 3 rings (SSSR count). The maximum Gasteiger partial charge on any atom is 0.254 e. The molecule has 0 unspecified atom stereocenters. The third-order valence-electron chi connectivity index (χ3n) is 5.55. The maximum absolute atomic E-state index is 12.9. The van der Waals surface area contributed by atoms with Crippen molar-refractivity contribution in [1.82, 2.24) is 9.80 Å². The first kappa shape index (κ1) is 18.2. The van der Waals surface area contributed by atoms with Gasteiger partial charge in [0.1, 0.15) is 0 Å². The molecule has 2 saturated heterocycles. The van der Waals surface area contributed by atoms with E-state index < -0.39 is 0 Å². The Hall–Kier alpha value is -2.63. The molecule has 1 aromatic rings. The van der Waals surface area contributed by atoms with Gasteiger partial charge in [0.15, 0.2) is 0 Å². The normalized spacial score (nSPS) is 21.9. The van der Waals surface area contributed by atoms with Crippen molar-refractivity contribution < 1.29 is 14.4 Å². The van der Waals surface area contributed by atoms with Crippen molar-refractivity contribution in [2.45, 2.75) is 25.8 Å². The van der Waals surface area contributed by atoms with Gasteiger partial charge in [0.05, 0.1) is 0 Å². The number of hydrogen-bond acceptors (Lipinski definition) is 3. The molecule has 2 atom stereocenters. The van der Waals surface area contributed by atoms with E-state index in [0.29, 0.717) is 18.0 Å². The summed E-state index contributed by atoms with van der Waals surface area (Å²) in [5.41, 5.74) is 1.35. The maximum atomic E-state index is 12.9. The molecule has 0 aromatic heterocycles. The van der Waals surface area contributed by atoms with Gasteiger partial charge in [-0.25, -0.2) is 0 Å². The lowest BCUT2D eigenvalue weighted by molar-refractivity contribution is -0.131. The van der Waals surface area contributed by atoms with Gasteiger partial charge in [0.25, 0.3) is 5.91 Å². The van der Waals surface area contributed by atoms with Crippen LogP contribution in [0.1, 0.15) is 30.1 Å². The van der Waals surface area contributed by atoms with Crippen LogP contribution in [0.15, 0.2) is 36.9 Å². The Morgan fingerprint density at radius 1 is 1.15 bits per heavy atom. The molecule has 138 valence electrons. The van der Waals surface area contributed by atoms with Crippen LogP contribution in [0.5, 0.6) is 0 Å². The predicted molar refractivity (Wildman–Crippen MR) is 99.9 cm³/mol. The number of rotatable bonds is 3. The minimum atomic E-state index is -0.191. The Labute approximate surface area is 154 Å². The molecule has 0 saturated carbocycles. The molecule has 1 aromatic carbocycles. The van der Waals surface area contributed by atoms with Gasteiger partial charge in [-0.15, -0.1) is 0 Å². The summed E-state index contributed by atoms with van der Waals surface area (Å²) in [5, 5.41) is 0. The van der Waals surface area contributed by atoms with Crippen LogP contribution in [-0.4, -0.2) is 60.2 Å². The van der Waals surface area contributed by atoms with E-state index in [0.717, 1.165) is 31.6 Å². The smallest absolute Gasteiger partial charge is 0.254 e. The topological polar surface area (TPSA) is 60.9 Å². The van der Waals surface area contributed by atoms with Crippen LogP contribution in [0, 0.1) is 5.92 Å². The van der Waals surface area contributed by atoms with Gasteiger partial charge in [0, 0.05) is 50.9 Å². The number of benzene rings is 1. The van der Waals surface area contributed by atoms with Gasteiger partial charge >= 0.3 is 0 Å². The van der Waals surface area contributed by atoms with Gasteiger partial charge in [-0.2, -0.15) is 0 Å². The monoisotopic (exact) mass is 355 g/mol. The number of hydrogen-bond donors (Lipinski definition) is 0. The highest BCUT2D eigenvalue weighted by Gasteiger charge is 2.41. The number of piperidine rings is 1. The summed E-state index contributed by atoms with van der Waals surface area (Å²) in [6, 6.07) is 7.30. The molecule has 26 heavy (non-hydrogen) atoms. The first-order valence-electron chi connectivity index (χ1n) is 8.99. The molecule has 2 fully saturated rings.